The molecule has 2 aromatic rings. The van der Waals surface area contributed by atoms with Crippen molar-refractivity contribution in [3.8, 4) is 28.2 Å². The molecule has 0 saturated carbocycles. The molecular weight excluding hydrogens is 514 g/mol. The molecular formula is C30H33N3O5S. The first-order valence-electron chi connectivity index (χ1n) is 12.7. The van der Waals surface area contributed by atoms with Crippen LogP contribution in [0.1, 0.15) is 15.9 Å². The summed E-state index contributed by atoms with van der Waals surface area (Å²) >= 11 is 5.69. The van der Waals surface area contributed by atoms with E-state index in [9.17, 15) is 19.8 Å². The first-order chi connectivity index (χ1) is 18.2. The fourth-order valence-electron chi connectivity index (χ4n) is 4.47. The lowest BCUT2D eigenvalue weighted by molar-refractivity contribution is -0.936. The number of aromatic carboxylic acids is 1. The van der Waals surface area contributed by atoms with Gasteiger partial charge in [-0.05, 0) is 29.8 Å². The monoisotopic (exact) mass is 547 g/mol. The van der Waals surface area contributed by atoms with E-state index < -0.39 is 5.97 Å². The second-order valence-corrected chi connectivity index (χ2v) is 11.9. The molecule has 0 amide bonds. The first-order valence-corrected chi connectivity index (χ1v) is 13.1. The van der Waals surface area contributed by atoms with Gasteiger partial charge in [0.15, 0.2) is 5.43 Å². The van der Waals surface area contributed by atoms with E-state index in [1.165, 1.54) is 30.3 Å². The molecule has 0 atom stereocenters. The van der Waals surface area contributed by atoms with Gasteiger partial charge in [0.2, 0.25) is 0 Å². The number of hydrogen-bond donors (Lipinski definition) is 1. The second kappa shape index (κ2) is 10.8. The molecule has 0 spiro atoms. The lowest BCUT2D eigenvalue weighted by Crippen LogP contribution is -2.51. The van der Waals surface area contributed by atoms with Crippen molar-refractivity contribution in [2.75, 3.05) is 61.4 Å². The molecule has 204 valence electrons. The number of thiocarbonyl (C=S) groups is 1. The number of carbonyl (C=O) groups excluding carboxylic acids is 1. The van der Waals surface area contributed by atoms with E-state index in [-0.39, 0.29) is 28.1 Å². The van der Waals surface area contributed by atoms with E-state index in [0.29, 0.717) is 39.2 Å². The van der Waals surface area contributed by atoms with Crippen LogP contribution < -0.4 is 21.0 Å². The van der Waals surface area contributed by atoms with E-state index in [1.54, 1.807) is 24.3 Å². The van der Waals surface area contributed by atoms with Gasteiger partial charge < -0.3 is 33.7 Å². The highest BCUT2D eigenvalue weighted by atomic mass is 32.1. The quantitative estimate of drug-likeness (QED) is 0.194. The molecule has 8 nitrogen and oxygen atoms in total. The number of benzene rings is 3. The summed E-state index contributed by atoms with van der Waals surface area (Å²) in [6.45, 7) is 3.56. The Morgan fingerprint density at radius 2 is 1.67 bits per heavy atom. The van der Waals surface area contributed by atoms with Gasteiger partial charge in [-0.2, -0.15) is 0 Å². The number of carboxylic acids is 1. The van der Waals surface area contributed by atoms with Crippen molar-refractivity contribution < 1.29 is 28.4 Å². The summed E-state index contributed by atoms with van der Waals surface area (Å²) in [4.78, 5) is 24.7. The van der Waals surface area contributed by atoms with Crippen LogP contribution in [0.2, 0.25) is 0 Å². The Labute approximate surface area is 233 Å². The molecule has 1 heterocycles. The van der Waals surface area contributed by atoms with Gasteiger partial charge in [0.1, 0.15) is 29.4 Å². The molecule has 0 bridgehead atoms. The van der Waals surface area contributed by atoms with Crippen LogP contribution in [0.4, 0.5) is 0 Å². The molecule has 2 aromatic carbocycles. The van der Waals surface area contributed by atoms with Crippen LogP contribution >= 0.6 is 12.2 Å². The summed E-state index contributed by atoms with van der Waals surface area (Å²) in [6.07, 6.45) is 0. The summed E-state index contributed by atoms with van der Waals surface area (Å²) in [5.41, 5.74) is 2.01. The average molecular weight is 548 g/mol. The minimum Gasteiger partial charge on any atom is -0.872 e. The molecule has 2 aliphatic rings. The topological polar surface area (TPSA) is 105 Å². The Balaban J connectivity index is 1.72. The smallest absolute Gasteiger partial charge is 0.182 e. The van der Waals surface area contributed by atoms with Crippen LogP contribution in [-0.2, 0) is 0 Å². The molecule has 0 saturated heterocycles. The number of nitrogens with zero attached hydrogens (tertiary/aromatic N) is 2. The van der Waals surface area contributed by atoms with Crippen molar-refractivity contribution in [3.05, 3.63) is 75.9 Å². The maximum atomic E-state index is 12.2. The Kier molecular flexibility index (Phi) is 7.79. The fourth-order valence-corrected chi connectivity index (χ4v) is 4.70. The number of quaternary nitrogens is 2. The first kappa shape index (κ1) is 28.2. The maximum absolute atomic E-state index is 12.2. The molecule has 0 radical (unpaired) electrons. The Bertz CT molecular complexity index is 1590. The summed E-state index contributed by atoms with van der Waals surface area (Å²) in [6, 6.07) is 13.5. The highest BCUT2D eigenvalue weighted by Crippen LogP contribution is 2.41. The fraction of sp³-hybridized carbons (Fsp3) is 0.300. The number of carbonyl (C=O) groups is 1. The van der Waals surface area contributed by atoms with Crippen LogP contribution in [0.25, 0.3) is 33.4 Å². The molecule has 4 rings (SSSR count). The van der Waals surface area contributed by atoms with Crippen molar-refractivity contribution in [1.29, 1.82) is 0 Å². The van der Waals surface area contributed by atoms with Gasteiger partial charge in [-0.25, -0.2) is 0 Å². The summed E-state index contributed by atoms with van der Waals surface area (Å²) in [5, 5.41) is 28.1. The third-order valence-electron chi connectivity index (χ3n) is 6.81. The largest absolute Gasteiger partial charge is 0.872 e. The summed E-state index contributed by atoms with van der Waals surface area (Å²) in [7, 11) is 10.9. The zero-order chi connectivity index (χ0) is 28.5. The van der Waals surface area contributed by atoms with E-state index >= 15 is 0 Å². The molecule has 1 N–H and O–H groups in total. The minimum absolute atomic E-state index is 0.0362. The molecule has 0 unspecified atom stereocenters. The standard InChI is InChI=1S/C30H33N3O5S/c1-32(2,3)14-15-33(4,5)13-12-31-29(39)19-6-9-22(30(36)37)25(16-19)28-23-10-7-20(34)17-26(23)38-27-18-21(35)8-11-24(27)28/h6-11,16-18H,12-15H2,1-5H3,(H-2,31,34,35,36,37,39). The van der Waals surface area contributed by atoms with Gasteiger partial charge in [0.05, 0.1) is 54.3 Å². The third kappa shape index (κ3) is 6.62. The van der Waals surface area contributed by atoms with Gasteiger partial charge in [0.25, 0.3) is 0 Å². The SMILES string of the molecule is C[N+](C)(C)CC[N+](C)(C)CCNC(=S)c1ccc(C(=O)[O-])c(-c2c3ccc(=O)cc-3oc3cc([O-])ccc23)c1. The molecule has 0 fully saturated rings. The van der Waals surface area contributed by atoms with Crippen LogP contribution in [0.5, 0.6) is 5.75 Å². The van der Waals surface area contributed by atoms with Crippen LogP contribution in [-0.4, -0.2) is 81.3 Å². The summed E-state index contributed by atoms with van der Waals surface area (Å²) < 4.78 is 7.59. The zero-order valence-electron chi connectivity index (χ0n) is 22.9. The molecule has 9 heteroatoms. The third-order valence-corrected chi connectivity index (χ3v) is 7.19. The van der Waals surface area contributed by atoms with Gasteiger partial charge in [-0.3, -0.25) is 4.79 Å². The van der Waals surface area contributed by atoms with Gasteiger partial charge in [-0.15, -0.1) is 5.75 Å². The Hall–Kier alpha value is -3.79. The predicted molar refractivity (Wildman–Crippen MR) is 153 cm³/mol. The maximum Gasteiger partial charge on any atom is 0.182 e. The lowest BCUT2D eigenvalue weighted by Gasteiger charge is -2.33. The normalized spacial score (nSPS) is 12.1. The van der Waals surface area contributed by atoms with E-state index in [1.807, 2.05) is 0 Å². The van der Waals surface area contributed by atoms with Crippen LogP contribution in [0.3, 0.4) is 0 Å². The number of rotatable bonds is 9. The van der Waals surface area contributed by atoms with Crippen molar-refractivity contribution in [2.24, 2.45) is 0 Å². The minimum atomic E-state index is -1.35. The molecule has 1 aliphatic heterocycles. The second-order valence-electron chi connectivity index (χ2n) is 11.5. The highest BCUT2D eigenvalue weighted by molar-refractivity contribution is 7.80. The summed E-state index contributed by atoms with van der Waals surface area (Å²) in [5.74, 6) is -1.37. The van der Waals surface area contributed by atoms with E-state index in [2.05, 4.69) is 40.6 Å². The van der Waals surface area contributed by atoms with Gasteiger partial charge >= 0.3 is 0 Å². The van der Waals surface area contributed by atoms with Gasteiger partial charge in [0, 0.05) is 33.7 Å². The van der Waals surface area contributed by atoms with Crippen molar-refractivity contribution in [2.45, 2.75) is 0 Å². The van der Waals surface area contributed by atoms with E-state index in [4.69, 9.17) is 16.6 Å². The van der Waals surface area contributed by atoms with E-state index in [0.717, 1.165) is 28.6 Å². The zero-order valence-corrected chi connectivity index (χ0v) is 23.7. The lowest BCUT2D eigenvalue weighted by atomic mass is 9.89. The van der Waals surface area contributed by atoms with Crippen molar-refractivity contribution >= 4 is 34.1 Å². The number of nitrogens with one attached hydrogen (secondary N) is 1. The molecule has 0 aromatic heterocycles. The van der Waals surface area contributed by atoms with Crippen LogP contribution in [0.15, 0.2) is 63.8 Å². The Morgan fingerprint density at radius 1 is 0.923 bits per heavy atom. The molecule has 39 heavy (non-hydrogen) atoms. The van der Waals surface area contributed by atoms with Gasteiger partial charge in [-0.1, -0.05) is 36.5 Å². The number of fused-ring (bicyclic) bond motifs is 2. The number of likely N-dealkylation sites (N-methyl/N-ethyl adjacent to an activating group) is 2. The average Bonchev–Trinajstić information content (AvgIpc) is 2.85. The number of hydrogen-bond acceptors (Lipinski definition) is 6. The van der Waals surface area contributed by atoms with Crippen LogP contribution in [0, 0.1) is 0 Å². The van der Waals surface area contributed by atoms with Crippen molar-refractivity contribution in [1.82, 2.24) is 5.32 Å². The Morgan fingerprint density at radius 3 is 2.36 bits per heavy atom. The highest BCUT2D eigenvalue weighted by Gasteiger charge is 2.22. The number of carboxylic acid groups (broad SMARTS) is 1. The van der Waals surface area contributed by atoms with Crippen molar-refractivity contribution in [3.63, 3.8) is 0 Å². The molecule has 1 aliphatic carbocycles. The predicted octanol–water partition coefficient (Wildman–Crippen LogP) is 2.05.